The van der Waals surface area contributed by atoms with Gasteiger partial charge < -0.3 is 14.2 Å². The first-order valence-electron chi connectivity index (χ1n) is 9.72. The number of nitrogens with zero attached hydrogens (tertiary/aromatic N) is 7. The van der Waals surface area contributed by atoms with Crippen molar-refractivity contribution in [3.05, 3.63) is 47.7 Å². The molecule has 1 atom stereocenters. The molecule has 9 nitrogen and oxygen atoms in total. The minimum absolute atomic E-state index is 0.116. The standard InChI is InChI=1S/C19H20FN7O2/c1-28-19(8-4-5-9-19)17-22-18(29-23-17)26-11-21-16-13-6-2-3-7-14(13)25-12-24(20)10-15(25)27(16)26/h2-3,6-7,10-11,16H,4-5,8-9,12H2,1H3. The maximum Gasteiger partial charge on any atom is 0.348 e. The van der Waals surface area contributed by atoms with Gasteiger partial charge in [-0.3, -0.25) is 0 Å². The summed E-state index contributed by atoms with van der Waals surface area (Å²) in [6.45, 7) is 0.116. The van der Waals surface area contributed by atoms with E-state index >= 15 is 0 Å². The van der Waals surface area contributed by atoms with Crippen molar-refractivity contribution in [1.82, 2.24) is 20.3 Å². The van der Waals surface area contributed by atoms with Crippen LogP contribution in [0, 0.1) is 0 Å². The van der Waals surface area contributed by atoms with E-state index < -0.39 is 5.60 Å². The number of rotatable bonds is 3. The summed E-state index contributed by atoms with van der Waals surface area (Å²) in [4.78, 5) is 11.2. The number of hydrogen-bond donors (Lipinski definition) is 0. The van der Waals surface area contributed by atoms with Crippen LogP contribution in [0.25, 0.3) is 0 Å². The molecule has 1 unspecified atom stereocenters. The maximum atomic E-state index is 14.2. The van der Waals surface area contributed by atoms with Gasteiger partial charge >= 0.3 is 6.01 Å². The number of para-hydroxylation sites is 1. The number of hydrazine groups is 1. The van der Waals surface area contributed by atoms with E-state index in [-0.39, 0.29) is 18.8 Å². The van der Waals surface area contributed by atoms with E-state index in [4.69, 9.17) is 9.26 Å². The third kappa shape index (κ3) is 2.26. The van der Waals surface area contributed by atoms with Crippen molar-refractivity contribution in [3.8, 4) is 0 Å². The van der Waals surface area contributed by atoms with E-state index in [1.54, 1.807) is 18.5 Å². The Morgan fingerprint density at radius 3 is 2.90 bits per heavy atom. The largest absolute Gasteiger partial charge is 0.370 e. The highest BCUT2D eigenvalue weighted by Gasteiger charge is 2.46. The molecule has 1 aromatic carbocycles. The number of aliphatic imine (C=N–C) groups is 1. The zero-order valence-corrected chi connectivity index (χ0v) is 15.9. The topological polar surface area (TPSA) is 73.5 Å². The summed E-state index contributed by atoms with van der Waals surface area (Å²) >= 11 is 0. The highest BCUT2D eigenvalue weighted by atomic mass is 19.2. The van der Waals surface area contributed by atoms with Crippen molar-refractivity contribution in [2.24, 2.45) is 4.99 Å². The van der Waals surface area contributed by atoms with Gasteiger partial charge in [-0.05, 0) is 31.7 Å². The molecule has 0 N–H and O–H groups in total. The van der Waals surface area contributed by atoms with E-state index in [0.717, 1.165) is 36.9 Å². The summed E-state index contributed by atoms with van der Waals surface area (Å²) in [6.07, 6.45) is 6.66. The minimum Gasteiger partial charge on any atom is -0.370 e. The van der Waals surface area contributed by atoms with E-state index in [1.165, 1.54) is 6.20 Å². The number of halogens is 1. The fourth-order valence-electron chi connectivity index (χ4n) is 4.69. The molecule has 2 aromatic rings. The SMILES string of the molecule is COC1(c2noc(N3C=NC4c5ccccc5N5CN(F)C=C5N43)n2)CCCC1. The minimum atomic E-state index is -0.499. The zero-order chi connectivity index (χ0) is 19.6. The van der Waals surface area contributed by atoms with Crippen molar-refractivity contribution < 1.29 is 13.7 Å². The molecule has 1 aromatic heterocycles. The molecule has 0 spiro atoms. The van der Waals surface area contributed by atoms with Crippen LogP contribution >= 0.6 is 0 Å². The van der Waals surface area contributed by atoms with Gasteiger partial charge in [0.15, 0.2) is 12.0 Å². The molecule has 150 valence electrons. The lowest BCUT2D eigenvalue weighted by molar-refractivity contribution is -0.0178. The Labute approximate surface area is 166 Å². The lowest BCUT2D eigenvalue weighted by Gasteiger charge is -2.41. The predicted molar refractivity (Wildman–Crippen MR) is 102 cm³/mol. The van der Waals surface area contributed by atoms with Crippen LogP contribution in [0.15, 0.2) is 45.8 Å². The van der Waals surface area contributed by atoms with E-state index in [0.29, 0.717) is 16.8 Å². The molecular formula is C19H20FN7O2. The van der Waals surface area contributed by atoms with Crippen LogP contribution in [-0.4, -0.2) is 40.4 Å². The first-order chi connectivity index (χ1) is 14.2. The van der Waals surface area contributed by atoms with Crippen LogP contribution in [-0.2, 0) is 10.3 Å². The molecule has 6 rings (SSSR count). The van der Waals surface area contributed by atoms with Crippen molar-refractivity contribution >= 4 is 18.0 Å². The van der Waals surface area contributed by atoms with Gasteiger partial charge in [0.2, 0.25) is 5.82 Å². The monoisotopic (exact) mass is 397 g/mol. The lowest BCUT2D eigenvalue weighted by Crippen LogP contribution is -2.46. The van der Waals surface area contributed by atoms with Gasteiger partial charge in [-0.2, -0.15) is 15.1 Å². The van der Waals surface area contributed by atoms with E-state index in [9.17, 15) is 4.48 Å². The Morgan fingerprint density at radius 1 is 1.24 bits per heavy atom. The van der Waals surface area contributed by atoms with Gasteiger partial charge in [0.1, 0.15) is 18.6 Å². The third-order valence-electron chi connectivity index (χ3n) is 6.15. The molecule has 4 aliphatic rings. The van der Waals surface area contributed by atoms with Crippen LogP contribution in [0.2, 0.25) is 0 Å². The van der Waals surface area contributed by atoms with Gasteiger partial charge in [0.25, 0.3) is 0 Å². The maximum absolute atomic E-state index is 14.2. The van der Waals surface area contributed by atoms with Crippen LogP contribution < -0.4 is 9.91 Å². The number of ether oxygens (including phenoxy) is 1. The molecule has 4 heterocycles. The molecule has 1 aliphatic carbocycles. The molecule has 1 saturated carbocycles. The van der Waals surface area contributed by atoms with Crippen molar-refractivity contribution in [2.75, 3.05) is 23.7 Å². The summed E-state index contributed by atoms with van der Waals surface area (Å²) < 4.78 is 25.5. The molecule has 3 aliphatic heterocycles. The third-order valence-corrected chi connectivity index (χ3v) is 6.15. The summed E-state index contributed by atoms with van der Waals surface area (Å²) in [7, 11) is 1.69. The molecule has 10 heteroatoms. The van der Waals surface area contributed by atoms with Gasteiger partial charge in [-0.1, -0.05) is 27.8 Å². The Balaban J connectivity index is 1.40. The van der Waals surface area contributed by atoms with E-state index in [2.05, 4.69) is 15.1 Å². The summed E-state index contributed by atoms with van der Waals surface area (Å²) in [5.41, 5.74) is 1.43. The normalized spacial score (nSPS) is 24.1. The fraction of sp³-hybridized carbons (Fsp3) is 0.421. The van der Waals surface area contributed by atoms with Gasteiger partial charge in [-0.15, -0.1) is 0 Å². The molecule has 1 fully saturated rings. The fourth-order valence-corrected chi connectivity index (χ4v) is 4.69. The predicted octanol–water partition coefficient (Wildman–Crippen LogP) is 3.03. The Morgan fingerprint density at radius 2 is 2.07 bits per heavy atom. The average Bonchev–Trinajstić information content (AvgIpc) is 3.51. The molecule has 0 saturated heterocycles. The van der Waals surface area contributed by atoms with Crippen molar-refractivity contribution in [3.63, 3.8) is 0 Å². The average molecular weight is 397 g/mol. The summed E-state index contributed by atoms with van der Waals surface area (Å²) in [6, 6.07) is 8.17. The van der Waals surface area contributed by atoms with Crippen LogP contribution in [0.4, 0.5) is 16.2 Å². The van der Waals surface area contributed by atoms with Gasteiger partial charge in [0.05, 0.1) is 11.9 Å². The van der Waals surface area contributed by atoms with Gasteiger partial charge in [0, 0.05) is 12.7 Å². The number of anilines is 2. The Kier molecular flexibility index (Phi) is 3.43. The van der Waals surface area contributed by atoms with Crippen molar-refractivity contribution in [1.29, 1.82) is 0 Å². The van der Waals surface area contributed by atoms with Gasteiger partial charge in [-0.25, -0.2) is 10.0 Å². The molecule has 29 heavy (non-hydrogen) atoms. The first kappa shape index (κ1) is 16.8. The number of methoxy groups -OCH3 is 1. The lowest BCUT2D eigenvalue weighted by atomic mass is 10.0. The molecule has 0 amide bonds. The number of aromatic nitrogens is 2. The van der Waals surface area contributed by atoms with Crippen LogP contribution in [0.5, 0.6) is 0 Å². The summed E-state index contributed by atoms with van der Waals surface area (Å²) in [5, 5.41) is 8.42. The number of hydrogen-bond acceptors (Lipinski definition) is 9. The molecule has 0 radical (unpaired) electrons. The Bertz CT molecular complexity index is 1020. The van der Waals surface area contributed by atoms with Crippen molar-refractivity contribution in [2.45, 2.75) is 37.5 Å². The second-order valence-electron chi connectivity index (χ2n) is 7.65. The number of fused-ring (bicyclic) bond motifs is 6. The second kappa shape index (κ2) is 5.93. The summed E-state index contributed by atoms with van der Waals surface area (Å²) in [5.74, 6) is 1.21. The van der Waals surface area contributed by atoms with Crippen LogP contribution in [0.3, 0.4) is 0 Å². The first-order valence-corrected chi connectivity index (χ1v) is 9.72. The Hall–Kier alpha value is -3.14. The highest BCUT2D eigenvalue weighted by molar-refractivity contribution is 5.79. The number of benzene rings is 1. The quantitative estimate of drug-likeness (QED) is 0.732. The highest BCUT2D eigenvalue weighted by Crippen LogP contribution is 2.47. The molecular weight excluding hydrogens is 377 g/mol. The molecule has 0 bridgehead atoms. The van der Waals surface area contributed by atoms with Crippen LogP contribution in [0.1, 0.15) is 43.2 Å². The van der Waals surface area contributed by atoms with E-state index in [1.807, 2.05) is 34.2 Å². The smallest absolute Gasteiger partial charge is 0.348 e. The zero-order valence-electron chi connectivity index (χ0n) is 15.9. The second-order valence-corrected chi connectivity index (χ2v) is 7.65.